The van der Waals surface area contributed by atoms with Crippen LogP contribution in [-0.2, 0) is 4.84 Å². The molecule has 0 aliphatic heterocycles. The first-order valence-corrected chi connectivity index (χ1v) is 4.83. The molecule has 6 heteroatoms. The number of aromatic amines is 1. The standard InChI is InChI=1S/C11H9N3O3/c15-10(9-6-7-12-13-9)14-17-11(16)8-4-2-1-3-5-8/h1-7H,(H,12,13)(H,14,15). The lowest BCUT2D eigenvalue weighted by Gasteiger charge is -2.03. The molecule has 0 saturated heterocycles. The second kappa shape index (κ2) is 4.93. The number of hydrogen-bond acceptors (Lipinski definition) is 4. The summed E-state index contributed by atoms with van der Waals surface area (Å²) in [5.41, 5.74) is 2.60. The van der Waals surface area contributed by atoms with Crippen LogP contribution in [0.25, 0.3) is 0 Å². The van der Waals surface area contributed by atoms with E-state index in [1.165, 1.54) is 12.3 Å². The van der Waals surface area contributed by atoms with Gasteiger partial charge in [0.05, 0.1) is 5.56 Å². The zero-order valence-electron chi connectivity index (χ0n) is 8.71. The van der Waals surface area contributed by atoms with Crippen LogP contribution in [0.2, 0.25) is 0 Å². The number of hydroxylamine groups is 1. The summed E-state index contributed by atoms with van der Waals surface area (Å²) in [7, 11) is 0. The van der Waals surface area contributed by atoms with Crippen LogP contribution in [0.1, 0.15) is 20.8 Å². The Bertz CT molecular complexity index is 508. The van der Waals surface area contributed by atoms with E-state index in [0.717, 1.165) is 0 Å². The van der Waals surface area contributed by atoms with Crippen molar-refractivity contribution in [2.75, 3.05) is 0 Å². The number of nitrogens with zero attached hydrogens (tertiary/aromatic N) is 1. The highest BCUT2D eigenvalue weighted by molar-refractivity contribution is 5.94. The number of rotatable bonds is 2. The van der Waals surface area contributed by atoms with Crippen molar-refractivity contribution in [3.05, 3.63) is 53.9 Å². The van der Waals surface area contributed by atoms with Gasteiger partial charge in [0.2, 0.25) is 0 Å². The van der Waals surface area contributed by atoms with Crippen molar-refractivity contribution >= 4 is 11.9 Å². The average Bonchev–Trinajstić information content (AvgIpc) is 2.90. The van der Waals surface area contributed by atoms with Crippen LogP contribution in [0.15, 0.2) is 42.6 Å². The maximum atomic E-state index is 11.5. The highest BCUT2D eigenvalue weighted by atomic mass is 16.7. The van der Waals surface area contributed by atoms with Gasteiger partial charge in [-0.15, -0.1) is 0 Å². The third kappa shape index (κ3) is 2.69. The maximum Gasteiger partial charge on any atom is 0.362 e. The molecular weight excluding hydrogens is 222 g/mol. The number of nitrogens with one attached hydrogen (secondary N) is 2. The molecule has 2 N–H and O–H groups in total. The lowest BCUT2D eigenvalue weighted by molar-refractivity contribution is 0.0228. The zero-order chi connectivity index (χ0) is 12.1. The van der Waals surface area contributed by atoms with Gasteiger partial charge >= 0.3 is 11.9 Å². The summed E-state index contributed by atoms with van der Waals surface area (Å²) in [5, 5.41) is 6.05. The molecule has 0 bridgehead atoms. The van der Waals surface area contributed by atoms with Crippen LogP contribution in [0.4, 0.5) is 0 Å². The van der Waals surface area contributed by atoms with Gasteiger partial charge in [-0.25, -0.2) is 4.79 Å². The topological polar surface area (TPSA) is 84.1 Å². The van der Waals surface area contributed by atoms with E-state index in [4.69, 9.17) is 0 Å². The Kier molecular flexibility index (Phi) is 3.15. The van der Waals surface area contributed by atoms with Crippen LogP contribution < -0.4 is 5.48 Å². The lowest BCUT2D eigenvalue weighted by Crippen LogP contribution is -2.27. The molecule has 86 valence electrons. The van der Waals surface area contributed by atoms with Gasteiger partial charge in [-0.1, -0.05) is 18.2 Å². The summed E-state index contributed by atoms with van der Waals surface area (Å²) < 4.78 is 0. The van der Waals surface area contributed by atoms with Gasteiger partial charge in [-0.2, -0.15) is 10.6 Å². The molecule has 0 saturated carbocycles. The van der Waals surface area contributed by atoms with Gasteiger partial charge in [0.1, 0.15) is 5.69 Å². The quantitative estimate of drug-likeness (QED) is 0.752. The second-order valence-corrected chi connectivity index (χ2v) is 3.16. The summed E-state index contributed by atoms with van der Waals surface area (Å²) in [6.07, 6.45) is 1.42. The fourth-order valence-corrected chi connectivity index (χ4v) is 1.16. The van der Waals surface area contributed by atoms with Gasteiger partial charge in [-0.3, -0.25) is 9.89 Å². The van der Waals surface area contributed by atoms with Crippen LogP contribution in [-0.4, -0.2) is 22.1 Å². The van der Waals surface area contributed by atoms with E-state index in [2.05, 4.69) is 15.0 Å². The molecule has 1 aromatic carbocycles. The van der Waals surface area contributed by atoms with E-state index in [1.807, 2.05) is 5.48 Å². The number of aromatic nitrogens is 2. The number of hydrogen-bond donors (Lipinski definition) is 2. The molecule has 0 atom stereocenters. The Labute approximate surface area is 96.6 Å². The molecule has 1 aromatic heterocycles. The third-order valence-electron chi connectivity index (χ3n) is 1.99. The maximum absolute atomic E-state index is 11.5. The van der Waals surface area contributed by atoms with Gasteiger partial charge in [-0.05, 0) is 18.2 Å². The monoisotopic (exact) mass is 231 g/mol. The molecule has 0 aliphatic carbocycles. The smallest absolute Gasteiger partial charge is 0.335 e. The van der Waals surface area contributed by atoms with Crippen molar-refractivity contribution in [3.8, 4) is 0 Å². The number of benzene rings is 1. The van der Waals surface area contributed by atoms with Gasteiger partial charge in [0.25, 0.3) is 0 Å². The molecule has 0 spiro atoms. The van der Waals surface area contributed by atoms with Crippen LogP contribution in [0, 0.1) is 0 Å². The van der Waals surface area contributed by atoms with E-state index in [0.29, 0.717) is 5.56 Å². The number of carbonyl (C=O) groups is 2. The van der Waals surface area contributed by atoms with Gasteiger partial charge < -0.3 is 4.84 Å². The fourth-order valence-electron chi connectivity index (χ4n) is 1.16. The normalized spacial score (nSPS) is 9.65. The minimum absolute atomic E-state index is 0.214. The summed E-state index contributed by atoms with van der Waals surface area (Å²) in [6.45, 7) is 0. The minimum Gasteiger partial charge on any atom is -0.335 e. The van der Waals surface area contributed by atoms with Crippen LogP contribution >= 0.6 is 0 Å². The van der Waals surface area contributed by atoms with Crippen molar-refractivity contribution in [1.29, 1.82) is 0 Å². The molecule has 2 rings (SSSR count). The first-order chi connectivity index (χ1) is 8.27. The summed E-state index contributed by atoms with van der Waals surface area (Å²) in [6, 6.07) is 9.82. The third-order valence-corrected chi connectivity index (χ3v) is 1.99. The number of H-pyrrole nitrogens is 1. The Hall–Kier alpha value is -2.63. The van der Waals surface area contributed by atoms with Crippen molar-refractivity contribution in [2.45, 2.75) is 0 Å². The second-order valence-electron chi connectivity index (χ2n) is 3.16. The summed E-state index contributed by atoms with van der Waals surface area (Å²) in [4.78, 5) is 27.5. The molecule has 17 heavy (non-hydrogen) atoms. The highest BCUT2D eigenvalue weighted by Gasteiger charge is 2.11. The predicted octanol–water partition coefficient (Wildman–Crippen LogP) is 0.911. The van der Waals surface area contributed by atoms with Crippen molar-refractivity contribution in [2.24, 2.45) is 0 Å². The van der Waals surface area contributed by atoms with E-state index in [9.17, 15) is 9.59 Å². The Morgan fingerprint density at radius 1 is 1.18 bits per heavy atom. The van der Waals surface area contributed by atoms with Crippen molar-refractivity contribution in [1.82, 2.24) is 15.7 Å². The molecule has 0 fully saturated rings. The number of carbonyl (C=O) groups excluding carboxylic acids is 2. The minimum atomic E-state index is -0.626. The molecule has 1 amide bonds. The Morgan fingerprint density at radius 2 is 1.94 bits per heavy atom. The first-order valence-electron chi connectivity index (χ1n) is 4.83. The van der Waals surface area contributed by atoms with Gasteiger partial charge in [0, 0.05) is 6.20 Å². The molecule has 0 aliphatic rings. The largest absolute Gasteiger partial charge is 0.362 e. The number of amides is 1. The molecular formula is C11H9N3O3. The van der Waals surface area contributed by atoms with E-state index < -0.39 is 11.9 Å². The molecule has 0 radical (unpaired) electrons. The first kappa shape index (κ1) is 10.9. The Morgan fingerprint density at radius 3 is 2.59 bits per heavy atom. The Balaban J connectivity index is 1.91. The molecule has 0 unspecified atom stereocenters. The zero-order valence-corrected chi connectivity index (χ0v) is 8.71. The van der Waals surface area contributed by atoms with Crippen LogP contribution in [0.5, 0.6) is 0 Å². The van der Waals surface area contributed by atoms with Crippen molar-refractivity contribution < 1.29 is 14.4 Å². The predicted molar refractivity (Wildman–Crippen MR) is 57.9 cm³/mol. The van der Waals surface area contributed by atoms with E-state index in [-0.39, 0.29) is 5.69 Å². The van der Waals surface area contributed by atoms with Gasteiger partial charge in [0.15, 0.2) is 0 Å². The van der Waals surface area contributed by atoms with E-state index >= 15 is 0 Å². The van der Waals surface area contributed by atoms with E-state index in [1.54, 1.807) is 30.3 Å². The average molecular weight is 231 g/mol. The lowest BCUT2D eigenvalue weighted by atomic mass is 10.2. The molecule has 2 aromatic rings. The van der Waals surface area contributed by atoms with Crippen molar-refractivity contribution in [3.63, 3.8) is 0 Å². The summed E-state index contributed by atoms with van der Waals surface area (Å²) in [5.74, 6) is -1.19. The molecule has 1 heterocycles. The molecule has 6 nitrogen and oxygen atoms in total. The highest BCUT2D eigenvalue weighted by Crippen LogP contribution is 2.00. The fraction of sp³-hybridized carbons (Fsp3) is 0. The summed E-state index contributed by atoms with van der Waals surface area (Å²) >= 11 is 0. The SMILES string of the molecule is O=C(ONC(=O)c1ccn[nH]1)c1ccccc1. The van der Waals surface area contributed by atoms with Crippen LogP contribution in [0.3, 0.4) is 0 Å².